The molecule has 0 aliphatic rings. The number of carbonyl (C=O) groups excluding carboxylic acids is 1. The van der Waals surface area contributed by atoms with Crippen molar-refractivity contribution in [1.82, 2.24) is 0 Å². The molecule has 0 aliphatic heterocycles. The van der Waals surface area contributed by atoms with Gasteiger partial charge in [-0.1, -0.05) is 28.1 Å². The monoisotopic (exact) mass is 276 g/mol. The molecular formula is C10H10BrClO2. The number of halogens is 2. The highest BCUT2D eigenvalue weighted by Gasteiger charge is 2.18. The van der Waals surface area contributed by atoms with Gasteiger partial charge in [-0.15, -0.1) is 11.6 Å². The Labute approximate surface area is 96.3 Å². The Morgan fingerprint density at radius 2 is 2.21 bits per heavy atom. The van der Waals surface area contributed by atoms with Crippen LogP contribution >= 0.6 is 27.5 Å². The maximum atomic E-state index is 11.1. The van der Waals surface area contributed by atoms with Gasteiger partial charge in [-0.25, -0.2) is 0 Å². The van der Waals surface area contributed by atoms with E-state index in [2.05, 4.69) is 20.7 Å². The summed E-state index contributed by atoms with van der Waals surface area (Å²) in [6, 6.07) is 5.52. The molecular weight excluding hydrogens is 267 g/mol. The van der Waals surface area contributed by atoms with Crippen LogP contribution in [0.2, 0.25) is 0 Å². The summed E-state index contributed by atoms with van der Waals surface area (Å²) in [6.45, 7) is 1.94. The number of aryl methyl sites for hydroxylation is 1. The zero-order chi connectivity index (χ0) is 10.7. The molecule has 76 valence electrons. The highest BCUT2D eigenvalue weighted by atomic mass is 79.9. The third-order valence-electron chi connectivity index (χ3n) is 1.88. The van der Waals surface area contributed by atoms with Crippen molar-refractivity contribution in [2.24, 2.45) is 0 Å². The second-order valence-electron chi connectivity index (χ2n) is 2.89. The maximum absolute atomic E-state index is 11.1. The van der Waals surface area contributed by atoms with E-state index in [1.54, 1.807) is 6.07 Å². The van der Waals surface area contributed by atoms with Gasteiger partial charge in [0.2, 0.25) is 0 Å². The van der Waals surface area contributed by atoms with Crippen molar-refractivity contribution in [2.45, 2.75) is 12.3 Å². The zero-order valence-corrected chi connectivity index (χ0v) is 10.2. The minimum atomic E-state index is -0.730. The molecule has 0 bridgehead atoms. The Hall–Kier alpha value is -0.540. The first kappa shape index (κ1) is 11.5. The summed E-state index contributed by atoms with van der Waals surface area (Å²) in [6.07, 6.45) is 0. The first-order chi connectivity index (χ1) is 6.56. The molecule has 0 fully saturated rings. The third kappa shape index (κ3) is 2.49. The van der Waals surface area contributed by atoms with Gasteiger partial charge in [0.15, 0.2) is 5.38 Å². The Kier molecular flexibility index (Phi) is 3.96. The number of hydrogen-bond acceptors (Lipinski definition) is 2. The second-order valence-corrected chi connectivity index (χ2v) is 4.19. The van der Waals surface area contributed by atoms with Crippen LogP contribution in [0.15, 0.2) is 22.7 Å². The first-order valence-corrected chi connectivity index (χ1v) is 5.27. The number of carbonyl (C=O) groups is 1. The highest BCUT2D eigenvalue weighted by molar-refractivity contribution is 9.10. The van der Waals surface area contributed by atoms with E-state index in [0.717, 1.165) is 15.6 Å². The Balaban J connectivity index is 2.96. The number of ether oxygens (including phenoxy) is 1. The normalized spacial score (nSPS) is 12.3. The lowest BCUT2D eigenvalue weighted by Gasteiger charge is -2.08. The third-order valence-corrected chi connectivity index (χ3v) is 3.20. The molecule has 0 saturated heterocycles. The SMILES string of the molecule is COC(=O)C(Cl)c1ccc(Br)c(C)c1. The second kappa shape index (κ2) is 4.80. The van der Waals surface area contributed by atoms with Crippen molar-refractivity contribution < 1.29 is 9.53 Å². The van der Waals surface area contributed by atoms with Crippen molar-refractivity contribution >= 4 is 33.5 Å². The fourth-order valence-electron chi connectivity index (χ4n) is 1.07. The number of hydrogen-bond donors (Lipinski definition) is 0. The quantitative estimate of drug-likeness (QED) is 0.613. The van der Waals surface area contributed by atoms with Crippen LogP contribution in [0, 0.1) is 6.92 Å². The summed E-state index contributed by atoms with van der Waals surface area (Å²) >= 11 is 9.26. The standard InChI is InChI=1S/C10H10BrClO2/c1-6-5-7(3-4-8(6)11)9(12)10(13)14-2/h3-5,9H,1-2H3. The van der Waals surface area contributed by atoms with E-state index in [1.165, 1.54) is 7.11 Å². The van der Waals surface area contributed by atoms with Crippen LogP contribution in [0.4, 0.5) is 0 Å². The van der Waals surface area contributed by atoms with Crippen LogP contribution < -0.4 is 0 Å². The van der Waals surface area contributed by atoms with Crippen LogP contribution in [0.25, 0.3) is 0 Å². The molecule has 0 heterocycles. The van der Waals surface area contributed by atoms with E-state index in [1.807, 2.05) is 19.1 Å². The molecule has 1 atom stereocenters. The fourth-order valence-corrected chi connectivity index (χ4v) is 1.54. The Morgan fingerprint density at radius 3 is 2.71 bits per heavy atom. The van der Waals surface area contributed by atoms with Gasteiger partial charge in [-0.3, -0.25) is 4.79 Å². The van der Waals surface area contributed by atoms with Crippen molar-refractivity contribution in [1.29, 1.82) is 0 Å². The predicted octanol–water partition coefficient (Wildman–Crippen LogP) is 3.21. The summed E-state index contributed by atoms with van der Waals surface area (Å²) in [5, 5.41) is -0.730. The molecule has 0 radical (unpaired) electrons. The van der Waals surface area contributed by atoms with Gasteiger partial charge in [0, 0.05) is 4.47 Å². The molecule has 1 rings (SSSR count). The van der Waals surface area contributed by atoms with Crippen LogP contribution in [-0.2, 0) is 9.53 Å². The van der Waals surface area contributed by atoms with Crippen molar-refractivity contribution in [3.63, 3.8) is 0 Å². The molecule has 2 nitrogen and oxygen atoms in total. The minimum absolute atomic E-state index is 0.437. The molecule has 0 N–H and O–H groups in total. The van der Waals surface area contributed by atoms with Crippen LogP contribution in [-0.4, -0.2) is 13.1 Å². The minimum Gasteiger partial charge on any atom is -0.468 e. The van der Waals surface area contributed by atoms with Crippen molar-refractivity contribution in [3.8, 4) is 0 Å². The summed E-state index contributed by atoms with van der Waals surface area (Å²) < 4.78 is 5.55. The summed E-state index contributed by atoms with van der Waals surface area (Å²) in [5.74, 6) is -0.437. The largest absolute Gasteiger partial charge is 0.468 e. The molecule has 1 unspecified atom stereocenters. The fraction of sp³-hybridized carbons (Fsp3) is 0.300. The summed E-state index contributed by atoms with van der Waals surface area (Å²) in [7, 11) is 1.32. The molecule has 0 amide bonds. The van der Waals surface area contributed by atoms with E-state index in [-0.39, 0.29) is 0 Å². The van der Waals surface area contributed by atoms with Gasteiger partial charge >= 0.3 is 5.97 Å². The lowest BCUT2D eigenvalue weighted by atomic mass is 10.1. The first-order valence-electron chi connectivity index (χ1n) is 4.04. The Bertz CT molecular complexity index is 352. The molecule has 1 aromatic carbocycles. The lowest BCUT2D eigenvalue weighted by Crippen LogP contribution is -2.08. The van der Waals surface area contributed by atoms with Gasteiger partial charge in [-0.2, -0.15) is 0 Å². The smallest absolute Gasteiger partial charge is 0.328 e. The lowest BCUT2D eigenvalue weighted by molar-refractivity contribution is -0.140. The number of esters is 1. The molecule has 1 aromatic rings. The average molecular weight is 278 g/mol. The maximum Gasteiger partial charge on any atom is 0.328 e. The molecule has 14 heavy (non-hydrogen) atoms. The van der Waals surface area contributed by atoms with Crippen LogP contribution in [0.5, 0.6) is 0 Å². The molecule has 0 spiro atoms. The van der Waals surface area contributed by atoms with E-state index >= 15 is 0 Å². The van der Waals surface area contributed by atoms with Crippen molar-refractivity contribution in [3.05, 3.63) is 33.8 Å². The number of alkyl halides is 1. The number of rotatable bonds is 2. The molecule has 0 aromatic heterocycles. The summed E-state index contributed by atoms with van der Waals surface area (Å²) in [5.41, 5.74) is 1.79. The van der Waals surface area contributed by atoms with Gasteiger partial charge < -0.3 is 4.74 Å². The van der Waals surface area contributed by atoms with E-state index < -0.39 is 11.3 Å². The van der Waals surface area contributed by atoms with E-state index in [4.69, 9.17) is 11.6 Å². The molecule has 4 heteroatoms. The number of benzene rings is 1. The Morgan fingerprint density at radius 1 is 1.57 bits per heavy atom. The average Bonchev–Trinajstić information content (AvgIpc) is 2.20. The zero-order valence-electron chi connectivity index (χ0n) is 7.88. The van der Waals surface area contributed by atoms with Gasteiger partial charge in [0.05, 0.1) is 7.11 Å². The van der Waals surface area contributed by atoms with E-state index in [0.29, 0.717) is 0 Å². The highest BCUT2D eigenvalue weighted by Crippen LogP contribution is 2.25. The topological polar surface area (TPSA) is 26.3 Å². The number of methoxy groups -OCH3 is 1. The van der Waals surface area contributed by atoms with Crippen molar-refractivity contribution in [2.75, 3.05) is 7.11 Å². The van der Waals surface area contributed by atoms with Gasteiger partial charge in [0.25, 0.3) is 0 Å². The van der Waals surface area contributed by atoms with Gasteiger partial charge in [-0.05, 0) is 24.1 Å². The van der Waals surface area contributed by atoms with Gasteiger partial charge in [0.1, 0.15) is 0 Å². The van der Waals surface area contributed by atoms with Crippen LogP contribution in [0.3, 0.4) is 0 Å². The molecule has 0 saturated carbocycles. The summed E-state index contributed by atoms with van der Waals surface area (Å²) in [4.78, 5) is 11.1. The van der Waals surface area contributed by atoms with Crippen LogP contribution in [0.1, 0.15) is 16.5 Å². The molecule has 0 aliphatic carbocycles. The van der Waals surface area contributed by atoms with E-state index in [9.17, 15) is 4.79 Å². The predicted molar refractivity (Wildman–Crippen MR) is 59.5 cm³/mol.